The van der Waals surface area contributed by atoms with E-state index in [0.717, 1.165) is 39.8 Å². The van der Waals surface area contributed by atoms with E-state index in [-0.39, 0.29) is 0 Å². The number of methoxy groups -OCH3 is 1. The van der Waals surface area contributed by atoms with E-state index in [9.17, 15) is 0 Å². The van der Waals surface area contributed by atoms with Crippen LogP contribution in [0, 0.1) is 0 Å². The van der Waals surface area contributed by atoms with E-state index in [1.165, 1.54) is 0 Å². The molecular formula is C20H17N3O2. The first kappa shape index (κ1) is 15.3. The molecule has 124 valence electrons. The summed E-state index contributed by atoms with van der Waals surface area (Å²) in [5.41, 5.74) is 4.03. The van der Waals surface area contributed by atoms with E-state index in [1.807, 2.05) is 43.3 Å². The van der Waals surface area contributed by atoms with Crippen molar-refractivity contribution in [3.63, 3.8) is 0 Å². The molecule has 0 saturated carbocycles. The second kappa shape index (κ2) is 6.36. The standard InChI is InChI=1S/C20H17N3O2/c1-3-19-22-20(23-25-19)16-11-15-10-14(6-9-18(15)21-12-16)13-4-7-17(24-2)8-5-13/h4-12H,3H2,1-2H3. The van der Waals surface area contributed by atoms with Crippen LogP contribution in [0.25, 0.3) is 33.4 Å². The second-order valence-corrected chi connectivity index (χ2v) is 5.73. The number of fused-ring (bicyclic) bond motifs is 1. The minimum atomic E-state index is 0.570. The minimum absolute atomic E-state index is 0.570. The lowest BCUT2D eigenvalue weighted by Gasteiger charge is -2.06. The highest BCUT2D eigenvalue weighted by atomic mass is 16.5. The average molecular weight is 331 g/mol. The fourth-order valence-electron chi connectivity index (χ4n) is 2.73. The van der Waals surface area contributed by atoms with Crippen LogP contribution in [0.1, 0.15) is 12.8 Å². The van der Waals surface area contributed by atoms with Gasteiger partial charge in [0.05, 0.1) is 12.6 Å². The Morgan fingerprint density at radius 3 is 2.44 bits per heavy atom. The monoisotopic (exact) mass is 331 g/mol. The Kier molecular flexibility index (Phi) is 3.90. The summed E-state index contributed by atoms with van der Waals surface area (Å²) in [5.74, 6) is 2.04. The molecule has 0 aliphatic carbocycles. The number of nitrogens with zero attached hydrogens (tertiary/aromatic N) is 3. The molecule has 4 aromatic rings. The van der Waals surface area contributed by atoms with Gasteiger partial charge in [-0.05, 0) is 41.5 Å². The van der Waals surface area contributed by atoms with Gasteiger partial charge in [-0.3, -0.25) is 4.98 Å². The number of benzene rings is 2. The summed E-state index contributed by atoms with van der Waals surface area (Å²) >= 11 is 0. The van der Waals surface area contributed by atoms with E-state index >= 15 is 0 Å². The van der Waals surface area contributed by atoms with Crippen molar-refractivity contribution in [2.24, 2.45) is 0 Å². The van der Waals surface area contributed by atoms with Crippen molar-refractivity contribution in [2.45, 2.75) is 13.3 Å². The first-order valence-corrected chi connectivity index (χ1v) is 8.14. The van der Waals surface area contributed by atoms with Gasteiger partial charge in [-0.15, -0.1) is 0 Å². The van der Waals surface area contributed by atoms with Gasteiger partial charge in [0.25, 0.3) is 0 Å². The Morgan fingerprint density at radius 1 is 0.960 bits per heavy atom. The van der Waals surface area contributed by atoms with E-state index in [2.05, 4.69) is 27.3 Å². The van der Waals surface area contributed by atoms with Crippen molar-refractivity contribution in [1.82, 2.24) is 15.1 Å². The topological polar surface area (TPSA) is 61.0 Å². The van der Waals surface area contributed by atoms with Gasteiger partial charge >= 0.3 is 0 Å². The fraction of sp³-hybridized carbons (Fsp3) is 0.150. The molecular weight excluding hydrogens is 314 g/mol. The van der Waals surface area contributed by atoms with Crippen LogP contribution in [-0.2, 0) is 6.42 Å². The second-order valence-electron chi connectivity index (χ2n) is 5.73. The SMILES string of the molecule is CCc1nc(-c2cnc3ccc(-c4ccc(OC)cc4)cc3c2)no1. The number of ether oxygens (including phenoxy) is 1. The van der Waals surface area contributed by atoms with Crippen LogP contribution in [0.2, 0.25) is 0 Å². The number of hydrogen-bond acceptors (Lipinski definition) is 5. The molecule has 5 heteroatoms. The summed E-state index contributed by atoms with van der Waals surface area (Å²) in [7, 11) is 1.67. The van der Waals surface area contributed by atoms with E-state index in [4.69, 9.17) is 9.26 Å². The van der Waals surface area contributed by atoms with Crippen molar-refractivity contribution < 1.29 is 9.26 Å². The molecule has 0 aliphatic heterocycles. The highest BCUT2D eigenvalue weighted by Crippen LogP contribution is 2.27. The van der Waals surface area contributed by atoms with Crippen LogP contribution in [0.5, 0.6) is 5.75 Å². The molecule has 0 amide bonds. The maximum Gasteiger partial charge on any atom is 0.226 e. The zero-order valence-corrected chi connectivity index (χ0v) is 14.1. The Labute approximate surface area is 145 Å². The molecule has 2 aromatic heterocycles. The van der Waals surface area contributed by atoms with Crippen LogP contribution >= 0.6 is 0 Å². The van der Waals surface area contributed by atoms with Gasteiger partial charge in [0, 0.05) is 23.6 Å². The molecule has 5 nitrogen and oxygen atoms in total. The molecule has 2 aromatic carbocycles. The van der Waals surface area contributed by atoms with Gasteiger partial charge in [0.1, 0.15) is 5.75 Å². The van der Waals surface area contributed by atoms with Crippen LogP contribution < -0.4 is 4.74 Å². The van der Waals surface area contributed by atoms with Crippen molar-refractivity contribution in [3.05, 3.63) is 60.6 Å². The van der Waals surface area contributed by atoms with Crippen molar-refractivity contribution in [1.29, 1.82) is 0 Å². The van der Waals surface area contributed by atoms with E-state index in [1.54, 1.807) is 13.3 Å². The molecule has 0 saturated heterocycles. The van der Waals surface area contributed by atoms with Gasteiger partial charge in [-0.25, -0.2) is 0 Å². The number of rotatable bonds is 4. The highest BCUT2D eigenvalue weighted by Gasteiger charge is 2.09. The lowest BCUT2D eigenvalue weighted by molar-refractivity contribution is 0.383. The minimum Gasteiger partial charge on any atom is -0.497 e. The van der Waals surface area contributed by atoms with E-state index < -0.39 is 0 Å². The zero-order valence-electron chi connectivity index (χ0n) is 14.1. The molecule has 4 rings (SSSR count). The summed E-state index contributed by atoms with van der Waals surface area (Å²) in [6.07, 6.45) is 2.50. The summed E-state index contributed by atoms with van der Waals surface area (Å²) in [5, 5.41) is 5.06. The largest absolute Gasteiger partial charge is 0.497 e. The van der Waals surface area contributed by atoms with Crippen LogP contribution in [0.3, 0.4) is 0 Å². The molecule has 0 atom stereocenters. The first-order chi connectivity index (χ1) is 12.3. The van der Waals surface area contributed by atoms with Crippen molar-refractivity contribution in [3.8, 4) is 28.3 Å². The third-order valence-electron chi connectivity index (χ3n) is 4.13. The molecule has 0 fully saturated rings. The summed E-state index contributed by atoms with van der Waals surface area (Å²) in [4.78, 5) is 8.89. The number of pyridine rings is 1. The molecule has 2 heterocycles. The Hall–Kier alpha value is -3.21. The predicted molar refractivity (Wildman–Crippen MR) is 96.4 cm³/mol. The fourth-order valence-corrected chi connectivity index (χ4v) is 2.73. The summed E-state index contributed by atoms with van der Waals surface area (Å²) in [6.45, 7) is 1.98. The first-order valence-electron chi connectivity index (χ1n) is 8.14. The number of aryl methyl sites for hydroxylation is 1. The maximum atomic E-state index is 5.22. The number of hydrogen-bond donors (Lipinski definition) is 0. The van der Waals surface area contributed by atoms with E-state index in [0.29, 0.717) is 11.7 Å². The Morgan fingerprint density at radius 2 is 1.72 bits per heavy atom. The molecule has 0 unspecified atom stereocenters. The maximum absolute atomic E-state index is 5.22. The summed E-state index contributed by atoms with van der Waals surface area (Å²) in [6, 6.07) is 16.3. The lowest BCUT2D eigenvalue weighted by Crippen LogP contribution is -1.87. The number of aromatic nitrogens is 3. The molecule has 0 N–H and O–H groups in total. The predicted octanol–water partition coefficient (Wildman–Crippen LogP) is 4.52. The van der Waals surface area contributed by atoms with Crippen molar-refractivity contribution >= 4 is 10.9 Å². The van der Waals surface area contributed by atoms with Crippen molar-refractivity contribution in [2.75, 3.05) is 7.11 Å². The Balaban J connectivity index is 1.75. The third-order valence-corrected chi connectivity index (χ3v) is 4.13. The average Bonchev–Trinajstić information content (AvgIpc) is 3.16. The van der Waals surface area contributed by atoms with Gasteiger partial charge in [-0.2, -0.15) is 4.98 Å². The van der Waals surface area contributed by atoms with Crippen LogP contribution in [0.15, 0.2) is 59.3 Å². The van der Waals surface area contributed by atoms with Gasteiger partial charge in [0.2, 0.25) is 11.7 Å². The molecule has 0 aliphatic rings. The lowest BCUT2D eigenvalue weighted by atomic mass is 10.0. The highest BCUT2D eigenvalue weighted by molar-refractivity contribution is 5.87. The zero-order chi connectivity index (χ0) is 17.2. The van der Waals surface area contributed by atoms with Gasteiger partial charge in [0.15, 0.2) is 0 Å². The normalized spacial score (nSPS) is 11.0. The smallest absolute Gasteiger partial charge is 0.226 e. The molecule has 0 spiro atoms. The van der Waals surface area contributed by atoms with Crippen LogP contribution in [-0.4, -0.2) is 22.2 Å². The summed E-state index contributed by atoms with van der Waals surface area (Å²) < 4.78 is 10.4. The Bertz CT molecular complexity index is 1020. The molecule has 0 bridgehead atoms. The quantitative estimate of drug-likeness (QED) is 0.550. The van der Waals surface area contributed by atoms with Gasteiger partial charge in [-0.1, -0.05) is 30.3 Å². The third kappa shape index (κ3) is 2.96. The van der Waals surface area contributed by atoms with Gasteiger partial charge < -0.3 is 9.26 Å². The molecule has 25 heavy (non-hydrogen) atoms. The van der Waals surface area contributed by atoms with Crippen LogP contribution in [0.4, 0.5) is 0 Å². The molecule has 0 radical (unpaired) electrons.